The van der Waals surface area contributed by atoms with Crippen molar-refractivity contribution in [1.29, 1.82) is 0 Å². The Kier molecular flexibility index (Phi) is 7.87. The summed E-state index contributed by atoms with van der Waals surface area (Å²) in [5, 5.41) is 4.13. The maximum Gasteiger partial charge on any atom is 0.189 e. The number of hydrogen-bond acceptors (Lipinski definition) is 5. The fraction of sp³-hybridized carbons (Fsp3) is 0.280. The van der Waals surface area contributed by atoms with Crippen LogP contribution in [0.4, 0.5) is 0 Å². The Bertz CT molecular complexity index is 1020. The zero-order chi connectivity index (χ0) is 22.1. The van der Waals surface area contributed by atoms with Crippen LogP contribution in [0.5, 0.6) is 17.2 Å². The molecule has 0 atom stereocenters. The lowest BCUT2D eigenvalue weighted by atomic mass is 10.1. The second-order valence-electron chi connectivity index (χ2n) is 6.79. The van der Waals surface area contributed by atoms with E-state index >= 15 is 0 Å². The van der Waals surface area contributed by atoms with Gasteiger partial charge < -0.3 is 14.2 Å². The SMILES string of the molecule is CCOc1ccc(COc2ccc(/C=C/C(=O)c3cnn(CC)c3)cc2)cc1OCC. The standard InChI is InChI=1S/C25H28N2O4/c1-4-27-17-21(16-26-27)23(28)13-9-19-7-11-22(12-8-19)31-18-20-10-14-24(29-5-2)25(15-20)30-6-3/h7-17H,4-6,18H2,1-3H3/b13-9+. The van der Waals surface area contributed by atoms with Crippen molar-refractivity contribution in [3.05, 3.63) is 77.6 Å². The number of carbonyl (C=O) groups is 1. The summed E-state index contributed by atoms with van der Waals surface area (Å²) in [5.74, 6) is 2.14. The monoisotopic (exact) mass is 420 g/mol. The normalized spacial score (nSPS) is 10.9. The number of hydrogen-bond donors (Lipinski definition) is 0. The van der Waals surface area contributed by atoms with Gasteiger partial charge in [0.2, 0.25) is 0 Å². The molecule has 0 fully saturated rings. The number of aryl methyl sites for hydroxylation is 1. The number of benzene rings is 2. The number of nitrogens with zero attached hydrogens (tertiary/aromatic N) is 2. The fourth-order valence-corrected chi connectivity index (χ4v) is 2.96. The molecule has 0 unspecified atom stereocenters. The van der Waals surface area contributed by atoms with Gasteiger partial charge in [0, 0.05) is 12.7 Å². The van der Waals surface area contributed by atoms with Gasteiger partial charge in [-0.15, -0.1) is 0 Å². The molecular formula is C25H28N2O4. The summed E-state index contributed by atoms with van der Waals surface area (Å²) >= 11 is 0. The molecule has 0 spiro atoms. The average Bonchev–Trinajstić information content (AvgIpc) is 3.28. The lowest BCUT2D eigenvalue weighted by molar-refractivity contribution is 0.104. The third kappa shape index (κ3) is 6.22. The molecule has 3 rings (SSSR count). The lowest BCUT2D eigenvalue weighted by Gasteiger charge is -2.13. The Morgan fingerprint density at radius 3 is 2.39 bits per heavy atom. The first-order valence-corrected chi connectivity index (χ1v) is 10.5. The Morgan fingerprint density at radius 1 is 0.968 bits per heavy atom. The molecule has 6 heteroatoms. The zero-order valence-electron chi connectivity index (χ0n) is 18.2. The number of allylic oxidation sites excluding steroid dienone is 1. The molecule has 0 aliphatic carbocycles. The molecule has 0 aliphatic rings. The van der Waals surface area contributed by atoms with E-state index in [1.807, 2.05) is 63.2 Å². The molecule has 0 radical (unpaired) electrons. The largest absolute Gasteiger partial charge is 0.490 e. The van der Waals surface area contributed by atoms with Crippen LogP contribution in [-0.2, 0) is 13.2 Å². The van der Waals surface area contributed by atoms with Crippen LogP contribution in [0.25, 0.3) is 6.08 Å². The number of ether oxygens (including phenoxy) is 3. The Balaban J connectivity index is 1.58. The summed E-state index contributed by atoms with van der Waals surface area (Å²) in [7, 11) is 0. The minimum absolute atomic E-state index is 0.0689. The van der Waals surface area contributed by atoms with Crippen LogP contribution in [0, 0.1) is 0 Å². The van der Waals surface area contributed by atoms with Crippen molar-refractivity contribution in [3.8, 4) is 17.2 Å². The van der Waals surface area contributed by atoms with Crippen molar-refractivity contribution in [2.24, 2.45) is 0 Å². The summed E-state index contributed by atoms with van der Waals surface area (Å²) in [5.41, 5.74) is 2.50. The second kappa shape index (κ2) is 11.0. The molecule has 6 nitrogen and oxygen atoms in total. The highest BCUT2D eigenvalue weighted by Crippen LogP contribution is 2.29. The summed E-state index contributed by atoms with van der Waals surface area (Å²) < 4.78 is 18.9. The van der Waals surface area contributed by atoms with Gasteiger partial charge in [-0.2, -0.15) is 5.10 Å². The van der Waals surface area contributed by atoms with E-state index in [0.717, 1.165) is 34.9 Å². The van der Waals surface area contributed by atoms with E-state index < -0.39 is 0 Å². The van der Waals surface area contributed by atoms with Crippen LogP contribution in [0.1, 0.15) is 42.3 Å². The molecule has 31 heavy (non-hydrogen) atoms. The van der Waals surface area contributed by atoms with Crippen LogP contribution in [-0.4, -0.2) is 28.8 Å². The highest BCUT2D eigenvalue weighted by atomic mass is 16.5. The first-order valence-electron chi connectivity index (χ1n) is 10.5. The molecule has 3 aromatic rings. The van der Waals surface area contributed by atoms with Gasteiger partial charge in [-0.05, 0) is 62.2 Å². The van der Waals surface area contributed by atoms with Crippen LogP contribution in [0.3, 0.4) is 0 Å². The van der Waals surface area contributed by atoms with Gasteiger partial charge in [0.1, 0.15) is 12.4 Å². The maximum absolute atomic E-state index is 12.2. The first-order chi connectivity index (χ1) is 15.1. The quantitative estimate of drug-likeness (QED) is 0.316. The third-order valence-electron chi connectivity index (χ3n) is 4.56. The summed E-state index contributed by atoms with van der Waals surface area (Å²) in [6.07, 6.45) is 6.69. The van der Waals surface area contributed by atoms with E-state index in [0.29, 0.717) is 25.4 Å². The van der Waals surface area contributed by atoms with Crippen molar-refractivity contribution in [2.45, 2.75) is 33.9 Å². The van der Waals surface area contributed by atoms with Gasteiger partial charge in [0.25, 0.3) is 0 Å². The first kappa shape index (κ1) is 22.2. The fourth-order valence-electron chi connectivity index (χ4n) is 2.96. The van der Waals surface area contributed by atoms with E-state index in [9.17, 15) is 4.79 Å². The summed E-state index contributed by atoms with van der Waals surface area (Å²) in [6, 6.07) is 13.4. The Labute approximate surface area is 183 Å². The highest BCUT2D eigenvalue weighted by Gasteiger charge is 2.07. The average molecular weight is 421 g/mol. The molecule has 0 saturated heterocycles. The number of aromatic nitrogens is 2. The van der Waals surface area contributed by atoms with Crippen LogP contribution < -0.4 is 14.2 Å². The van der Waals surface area contributed by atoms with Gasteiger partial charge in [0.15, 0.2) is 17.3 Å². The lowest BCUT2D eigenvalue weighted by Crippen LogP contribution is -2.01. The molecule has 1 aromatic heterocycles. The number of carbonyl (C=O) groups excluding carboxylic acids is 1. The molecular weight excluding hydrogens is 392 g/mol. The van der Waals surface area contributed by atoms with Crippen LogP contribution in [0.2, 0.25) is 0 Å². The van der Waals surface area contributed by atoms with Gasteiger partial charge in [-0.3, -0.25) is 9.48 Å². The van der Waals surface area contributed by atoms with E-state index in [-0.39, 0.29) is 5.78 Å². The van der Waals surface area contributed by atoms with Gasteiger partial charge in [-0.1, -0.05) is 24.3 Å². The van der Waals surface area contributed by atoms with Crippen molar-refractivity contribution in [1.82, 2.24) is 9.78 Å². The van der Waals surface area contributed by atoms with Gasteiger partial charge >= 0.3 is 0 Å². The van der Waals surface area contributed by atoms with Crippen LogP contribution in [0.15, 0.2) is 60.9 Å². The summed E-state index contributed by atoms with van der Waals surface area (Å²) in [6.45, 7) is 8.19. The Hall–Kier alpha value is -3.54. The smallest absolute Gasteiger partial charge is 0.189 e. The second-order valence-corrected chi connectivity index (χ2v) is 6.79. The van der Waals surface area contributed by atoms with E-state index in [1.54, 1.807) is 29.2 Å². The predicted octanol–water partition coefficient (Wildman–Crippen LogP) is 5.18. The number of ketones is 1. The molecule has 0 saturated carbocycles. The minimum atomic E-state index is -0.0689. The van der Waals surface area contributed by atoms with E-state index in [2.05, 4.69) is 5.10 Å². The maximum atomic E-state index is 12.2. The number of rotatable bonds is 11. The van der Waals surface area contributed by atoms with Crippen molar-refractivity contribution in [3.63, 3.8) is 0 Å². The molecule has 0 bridgehead atoms. The predicted molar refractivity (Wildman–Crippen MR) is 121 cm³/mol. The van der Waals surface area contributed by atoms with Crippen molar-refractivity contribution >= 4 is 11.9 Å². The molecule has 0 aliphatic heterocycles. The van der Waals surface area contributed by atoms with E-state index in [1.165, 1.54) is 0 Å². The molecule has 0 N–H and O–H groups in total. The van der Waals surface area contributed by atoms with Crippen LogP contribution >= 0.6 is 0 Å². The topological polar surface area (TPSA) is 62.6 Å². The van der Waals surface area contributed by atoms with E-state index in [4.69, 9.17) is 14.2 Å². The highest BCUT2D eigenvalue weighted by molar-refractivity contribution is 6.06. The molecule has 2 aromatic carbocycles. The Morgan fingerprint density at radius 2 is 1.71 bits per heavy atom. The van der Waals surface area contributed by atoms with Gasteiger partial charge in [-0.25, -0.2) is 0 Å². The minimum Gasteiger partial charge on any atom is -0.490 e. The summed E-state index contributed by atoms with van der Waals surface area (Å²) in [4.78, 5) is 12.2. The molecule has 0 amide bonds. The van der Waals surface area contributed by atoms with Crippen molar-refractivity contribution < 1.29 is 19.0 Å². The zero-order valence-corrected chi connectivity index (χ0v) is 18.2. The molecule has 1 heterocycles. The van der Waals surface area contributed by atoms with Crippen molar-refractivity contribution in [2.75, 3.05) is 13.2 Å². The van der Waals surface area contributed by atoms with Gasteiger partial charge in [0.05, 0.1) is 25.0 Å². The third-order valence-corrected chi connectivity index (χ3v) is 4.56. The molecule has 162 valence electrons.